The molecule has 0 aliphatic heterocycles. The molecule has 0 bridgehead atoms. The van der Waals surface area contributed by atoms with Crippen molar-refractivity contribution in [3.8, 4) is 0 Å². The fourth-order valence-electron chi connectivity index (χ4n) is 1.91. The predicted octanol–water partition coefficient (Wildman–Crippen LogP) is 1.34. The Morgan fingerprint density at radius 1 is 1.41 bits per heavy atom. The molecule has 0 aromatic heterocycles. The lowest BCUT2D eigenvalue weighted by atomic mass is 9.99. The molecule has 5 heteroatoms. The molecule has 1 aliphatic carbocycles. The predicted molar refractivity (Wildman–Crippen MR) is 63.5 cm³/mol. The summed E-state index contributed by atoms with van der Waals surface area (Å²) in [5.74, 6) is 0. The van der Waals surface area contributed by atoms with Gasteiger partial charge in [0, 0.05) is 6.42 Å². The molecule has 17 heavy (non-hydrogen) atoms. The first-order valence-electron chi connectivity index (χ1n) is 5.95. The van der Waals surface area contributed by atoms with Crippen molar-refractivity contribution in [1.29, 1.82) is 0 Å². The van der Waals surface area contributed by atoms with Crippen molar-refractivity contribution in [3.63, 3.8) is 0 Å². The van der Waals surface area contributed by atoms with Crippen LogP contribution in [0, 0.1) is 0 Å². The van der Waals surface area contributed by atoms with Crippen LogP contribution in [0.1, 0.15) is 33.1 Å². The Kier molecular flexibility index (Phi) is 5.44. The molecule has 0 saturated carbocycles. The van der Waals surface area contributed by atoms with E-state index in [1.54, 1.807) is 12.2 Å². The van der Waals surface area contributed by atoms with Gasteiger partial charge in [0.2, 0.25) is 0 Å². The van der Waals surface area contributed by atoms with Crippen molar-refractivity contribution in [2.24, 2.45) is 5.73 Å². The van der Waals surface area contributed by atoms with Crippen LogP contribution >= 0.6 is 0 Å². The Morgan fingerprint density at radius 2 is 2.12 bits per heavy atom. The van der Waals surface area contributed by atoms with Crippen molar-refractivity contribution in [3.05, 3.63) is 12.2 Å². The number of aliphatic hydroxyl groups excluding tert-OH is 1. The third-order valence-corrected chi connectivity index (χ3v) is 2.56. The minimum atomic E-state index is -0.807. The van der Waals surface area contributed by atoms with E-state index in [0.717, 1.165) is 6.42 Å². The van der Waals surface area contributed by atoms with Crippen molar-refractivity contribution in [1.82, 2.24) is 0 Å². The Hall–Kier alpha value is -1.07. The lowest BCUT2D eigenvalue weighted by Crippen LogP contribution is -2.30. The molecule has 1 aliphatic rings. The van der Waals surface area contributed by atoms with Crippen LogP contribution in [0.4, 0.5) is 4.79 Å². The van der Waals surface area contributed by atoms with Gasteiger partial charge in [-0.25, -0.2) is 4.79 Å². The van der Waals surface area contributed by atoms with Gasteiger partial charge in [-0.05, 0) is 32.8 Å². The summed E-state index contributed by atoms with van der Waals surface area (Å²) in [5, 5.41) is 9.60. The van der Waals surface area contributed by atoms with E-state index in [4.69, 9.17) is 15.2 Å². The van der Waals surface area contributed by atoms with E-state index < -0.39 is 18.3 Å². The molecule has 98 valence electrons. The van der Waals surface area contributed by atoms with Gasteiger partial charge in [0.05, 0.1) is 18.3 Å². The number of carbonyl (C=O) groups is 1. The first kappa shape index (κ1) is 14.0. The third-order valence-electron chi connectivity index (χ3n) is 2.56. The maximum atomic E-state index is 10.7. The van der Waals surface area contributed by atoms with E-state index >= 15 is 0 Å². The topological polar surface area (TPSA) is 81.8 Å². The summed E-state index contributed by atoms with van der Waals surface area (Å²) >= 11 is 0. The number of rotatable bonds is 3. The van der Waals surface area contributed by atoms with Crippen LogP contribution in [-0.4, -0.2) is 35.6 Å². The van der Waals surface area contributed by atoms with Gasteiger partial charge in [0.1, 0.15) is 6.10 Å². The summed E-state index contributed by atoms with van der Waals surface area (Å²) in [6, 6.07) is 0. The Labute approximate surface area is 102 Å². The van der Waals surface area contributed by atoms with Crippen LogP contribution in [0.3, 0.4) is 0 Å². The van der Waals surface area contributed by atoms with Gasteiger partial charge in [-0.1, -0.05) is 6.08 Å². The number of hydrogen-bond acceptors (Lipinski definition) is 4. The molecule has 1 rings (SSSR count). The molecule has 1 amide bonds. The summed E-state index contributed by atoms with van der Waals surface area (Å²) < 4.78 is 10.7. The third kappa shape index (κ3) is 5.70. The molecule has 5 nitrogen and oxygen atoms in total. The average Bonchev–Trinajstić information content (AvgIpc) is 2.19. The van der Waals surface area contributed by atoms with Gasteiger partial charge in [0.15, 0.2) is 0 Å². The number of aliphatic hydroxyl groups is 1. The van der Waals surface area contributed by atoms with Crippen molar-refractivity contribution in [2.75, 3.05) is 0 Å². The Balaban J connectivity index is 2.63. The minimum absolute atomic E-state index is 0.0288. The van der Waals surface area contributed by atoms with E-state index in [2.05, 4.69) is 0 Å². The standard InChI is InChI=1S/C12H21NO4/c1-8(2)16-10-5-3-9(14)4-6-11(7-10)17-12(13)15/h4,6,8-11,14H,3,5,7H2,1-2H3,(H2,13,15). The second-order valence-electron chi connectivity index (χ2n) is 4.55. The van der Waals surface area contributed by atoms with Gasteiger partial charge in [-0.15, -0.1) is 0 Å². The van der Waals surface area contributed by atoms with Crippen LogP contribution in [0.2, 0.25) is 0 Å². The molecule has 3 N–H and O–H groups in total. The van der Waals surface area contributed by atoms with Crippen molar-refractivity contribution < 1.29 is 19.4 Å². The average molecular weight is 243 g/mol. The molecular formula is C12H21NO4. The van der Waals surface area contributed by atoms with Crippen LogP contribution in [0.25, 0.3) is 0 Å². The normalized spacial score (nSPS) is 29.8. The smallest absolute Gasteiger partial charge is 0.405 e. The van der Waals surface area contributed by atoms with Crippen LogP contribution in [0.5, 0.6) is 0 Å². The molecule has 0 saturated heterocycles. The van der Waals surface area contributed by atoms with E-state index in [9.17, 15) is 9.90 Å². The second-order valence-corrected chi connectivity index (χ2v) is 4.55. The summed E-state index contributed by atoms with van der Waals surface area (Å²) in [6.45, 7) is 3.91. The van der Waals surface area contributed by atoms with Gasteiger partial charge in [0.25, 0.3) is 0 Å². The van der Waals surface area contributed by atoms with Crippen LogP contribution in [0.15, 0.2) is 12.2 Å². The summed E-state index contributed by atoms with van der Waals surface area (Å²) in [5.41, 5.74) is 5.00. The fraction of sp³-hybridized carbons (Fsp3) is 0.750. The number of amides is 1. The zero-order chi connectivity index (χ0) is 12.8. The number of ether oxygens (including phenoxy) is 2. The molecule has 0 radical (unpaired) electrons. The van der Waals surface area contributed by atoms with E-state index in [-0.39, 0.29) is 12.2 Å². The molecular weight excluding hydrogens is 222 g/mol. The van der Waals surface area contributed by atoms with Gasteiger partial charge >= 0.3 is 6.09 Å². The number of nitrogens with two attached hydrogens (primary N) is 1. The van der Waals surface area contributed by atoms with Crippen molar-refractivity contribution in [2.45, 2.75) is 57.5 Å². The van der Waals surface area contributed by atoms with E-state index in [1.165, 1.54) is 0 Å². The number of primary amides is 1. The molecule has 0 fully saturated rings. The highest BCUT2D eigenvalue weighted by atomic mass is 16.6. The fourth-order valence-corrected chi connectivity index (χ4v) is 1.91. The van der Waals surface area contributed by atoms with Crippen LogP contribution in [-0.2, 0) is 9.47 Å². The molecule has 0 spiro atoms. The van der Waals surface area contributed by atoms with Crippen molar-refractivity contribution >= 4 is 6.09 Å². The molecule has 0 aromatic rings. The van der Waals surface area contributed by atoms with E-state index in [1.807, 2.05) is 13.8 Å². The highest BCUT2D eigenvalue weighted by Gasteiger charge is 2.22. The molecule has 0 heterocycles. The van der Waals surface area contributed by atoms with Gasteiger partial charge in [-0.2, -0.15) is 0 Å². The second kappa shape index (κ2) is 6.61. The SMILES string of the molecule is CC(C)OC1CCC(O)C=CC(OC(N)=O)C1. The minimum Gasteiger partial charge on any atom is -0.442 e. The lowest BCUT2D eigenvalue weighted by Gasteiger charge is -2.26. The zero-order valence-corrected chi connectivity index (χ0v) is 10.3. The first-order chi connectivity index (χ1) is 7.97. The molecule has 3 atom stereocenters. The lowest BCUT2D eigenvalue weighted by molar-refractivity contribution is -0.0261. The van der Waals surface area contributed by atoms with Crippen LogP contribution < -0.4 is 5.73 Å². The first-order valence-corrected chi connectivity index (χ1v) is 5.95. The number of carbonyl (C=O) groups excluding carboxylic acids is 1. The Bertz CT molecular complexity index is 278. The summed E-state index contributed by atoms with van der Waals surface area (Å²) in [6.07, 6.45) is 3.60. The summed E-state index contributed by atoms with van der Waals surface area (Å²) in [4.78, 5) is 10.7. The monoisotopic (exact) mass is 243 g/mol. The summed E-state index contributed by atoms with van der Waals surface area (Å²) in [7, 11) is 0. The maximum absolute atomic E-state index is 10.7. The maximum Gasteiger partial charge on any atom is 0.405 e. The quantitative estimate of drug-likeness (QED) is 0.733. The van der Waals surface area contributed by atoms with Gasteiger partial charge in [-0.3, -0.25) is 0 Å². The molecule has 3 unspecified atom stereocenters. The highest BCUT2D eigenvalue weighted by Crippen LogP contribution is 2.19. The van der Waals surface area contributed by atoms with E-state index in [0.29, 0.717) is 12.8 Å². The van der Waals surface area contributed by atoms with Gasteiger partial charge < -0.3 is 20.3 Å². The molecule has 0 aromatic carbocycles. The zero-order valence-electron chi connectivity index (χ0n) is 10.3. The highest BCUT2D eigenvalue weighted by molar-refractivity contribution is 5.65. The number of hydrogen-bond donors (Lipinski definition) is 2. The largest absolute Gasteiger partial charge is 0.442 e. The Morgan fingerprint density at radius 3 is 2.71 bits per heavy atom.